The van der Waals surface area contributed by atoms with Crippen molar-refractivity contribution in [3.05, 3.63) is 84.9 Å². The molecule has 3 heteroatoms. The quantitative estimate of drug-likeness (QED) is 0.533. The molecule has 0 spiro atoms. The highest BCUT2D eigenvalue weighted by Gasteiger charge is 2.46. The first-order chi connectivity index (χ1) is 14.4. The molecule has 0 aromatic heterocycles. The molecule has 1 saturated heterocycles. The van der Waals surface area contributed by atoms with Crippen molar-refractivity contribution < 1.29 is 4.74 Å². The predicted molar refractivity (Wildman–Crippen MR) is 128 cm³/mol. The molecule has 0 saturated carbocycles. The van der Waals surface area contributed by atoms with Gasteiger partial charge in [-0.3, -0.25) is 0 Å². The molecule has 0 amide bonds. The molecule has 0 atom stereocenters. The molecule has 3 aromatic rings. The van der Waals surface area contributed by atoms with Crippen molar-refractivity contribution >= 4 is 28.9 Å². The van der Waals surface area contributed by atoms with Gasteiger partial charge in [0.25, 0.3) is 0 Å². The van der Waals surface area contributed by atoms with Gasteiger partial charge in [-0.1, -0.05) is 61.9 Å². The van der Waals surface area contributed by atoms with Crippen LogP contribution < -0.4 is 20.8 Å². The third-order valence-electron chi connectivity index (χ3n) is 5.89. The van der Waals surface area contributed by atoms with Crippen molar-refractivity contribution in [3.8, 4) is 0 Å². The van der Waals surface area contributed by atoms with Gasteiger partial charge in [-0.25, -0.2) is 0 Å². The maximum Gasteiger partial charge on any atom is 0.128 e. The number of hydrogen-bond donors (Lipinski definition) is 0. The van der Waals surface area contributed by atoms with E-state index in [4.69, 9.17) is 4.74 Å². The number of unbranched alkanes of at least 4 members (excludes halogenated alkanes) is 1. The summed E-state index contributed by atoms with van der Waals surface area (Å²) in [6, 6.07) is 31.7. The molecule has 1 aliphatic heterocycles. The van der Waals surface area contributed by atoms with Gasteiger partial charge in [-0.15, -0.1) is 0 Å². The molecule has 0 N–H and O–H groups in total. The predicted octanol–water partition coefficient (Wildman–Crippen LogP) is 4.62. The van der Waals surface area contributed by atoms with Crippen LogP contribution in [0.4, 0.5) is 5.69 Å². The van der Waals surface area contributed by atoms with Crippen molar-refractivity contribution in [2.24, 2.45) is 0 Å². The minimum Gasteiger partial charge on any atom is -0.378 e. The highest BCUT2D eigenvalue weighted by atomic mass is 31.2. The van der Waals surface area contributed by atoms with E-state index in [9.17, 15) is 0 Å². The van der Waals surface area contributed by atoms with Crippen molar-refractivity contribution in [2.45, 2.75) is 19.8 Å². The van der Waals surface area contributed by atoms with E-state index in [2.05, 4.69) is 96.8 Å². The number of ether oxygens (including phenoxy) is 1. The minimum absolute atomic E-state index is 0.811. The minimum atomic E-state index is -1.76. The van der Waals surface area contributed by atoms with Crippen molar-refractivity contribution in [3.63, 3.8) is 0 Å². The zero-order chi connectivity index (χ0) is 19.9. The lowest BCUT2D eigenvalue weighted by Crippen LogP contribution is -2.42. The molecule has 2 nitrogen and oxygen atoms in total. The van der Waals surface area contributed by atoms with Crippen LogP contribution in [0.3, 0.4) is 0 Å². The first-order valence-electron chi connectivity index (χ1n) is 10.8. The Morgan fingerprint density at radius 1 is 0.759 bits per heavy atom. The fourth-order valence-corrected chi connectivity index (χ4v) is 9.14. The van der Waals surface area contributed by atoms with Gasteiger partial charge in [0.2, 0.25) is 0 Å². The summed E-state index contributed by atoms with van der Waals surface area (Å²) in [4.78, 5) is 2.53. The lowest BCUT2D eigenvalue weighted by molar-refractivity contribution is 0.123. The second-order valence-electron chi connectivity index (χ2n) is 7.65. The summed E-state index contributed by atoms with van der Waals surface area (Å²) < 4.78 is 5.65. The average molecular weight is 405 g/mol. The first-order valence-corrected chi connectivity index (χ1v) is 12.8. The van der Waals surface area contributed by atoms with E-state index in [1.165, 1.54) is 40.6 Å². The molecule has 0 radical (unpaired) electrons. The summed E-state index contributed by atoms with van der Waals surface area (Å²) in [5.41, 5.74) is 1.40. The number of para-hydroxylation sites is 1. The second kappa shape index (κ2) is 9.57. The van der Waals surface area contributed by atoms with E-state index in [1.54, 1.807) is 0 Å². The molecular weight excluding hydrogens is 373 g/mol. The van der Waals surface area contributed by atoms with Crippen molar-refractivity contribution in [1.82, 2.24) is 0 Å². The molecule has 0 unspecified atom stereocenters. The second-order valence-corrected chi connectivity index (χ2v) is 11.2. The zero-order valence-corrected chi connectivity index (χ0v) is 18.2. The lowest BCUT2D eigenvalue weighted by atomic mass is 10.2. The largest absolute Gasteiger partial charge is 0.378 e. The highest BCUT2D eigenvalue weighted by Crippen LogP contribution is 2.57. The van der Waals surface area contributed by atoms with Crippen LogP contribution >= 0.6 is 7.26 Å². The van der Waals surface area contributed by atoms with Gasteiger partial charge in [0.1, 0.15) is 23.2 Å². The Morgan fingerprint density at radius 2 is 1.31 bits per heavy atom. The molecule has 29 heavy (non-hydrogen) atoms. The molecule has 150 valence electrons. The number of nitrogens with zero attached hydrogens (tertiary/aromatic N) is 1. The first kappa shape index (κ1) is 20.1. The summed E-state index contributed by atoms with van der Waals surface area (Å²) in [7, 11) is -1.76. The van der Waals surface area contributed by atoms with E-state index in [1.807, 2.05) is 0 Å². The maximum absolute atomic E-state index is 5.65. The van der Waals surface area contributed by atoms with Gasteiger partial charge in [0.05, 0.1) is 25.1 Å². The zero-order valence-electron chi connectivity index (χ0n) is 17.3. The van der Waals surface area contributed by atoms with E-state index in [-0.39, 0.29) is 0 Å². The molecule has 1 aliphatic rings. The van der Waals surface area contributed by atoms with Gasteiger partial charge in [-0.05, 0) is 42.8 Å². The summed E-state index contributed by atoms with van der Waals surface area (Å²) in [6.07, 6.45) is 3.65. The summed E-state index contributed by atoms with van der Waals surface area (Å²) >= 11 is 0. The molecule has 1 fully saturated rings. The van der Waals surface area contributed by atoms with Gasteiger partial charge < -0.3 is 9.64 Å². The molecule has 3 aromatic carbocycles. The Kier molecular flexibility index (Phi) is 6.64. The maximum atomic E-state index is 5.65. The van der Waals surface area contributed by atoms with Crippen molar-refractivity contribution in [1.29, 1.82) is 0 Å². The third kappa shape index (κ3) is 4.10. The van der Waals surface area contributed by atoms with Crippen LogP contribution in [0.25, 0.3) is 0 Å². The van der Waals surface area contributed by atoms with Crippen LogP contribution in [0.2, 0.25) is 0 Å². The van der Waals surface area contributed by atoms with E-state index in [0.717, 1.165) is 26.3 Å². The van der Waals surface area contributed by atoms with E-state index >= 15 is 0 Å². The van der Waals surface area contributed by atoms with Crippen LogP contribution in [0, 0.1) is 0 Å². The Hall–Kier alpha value is -2.15. The smallest absolute Gasteiger partial charge is 0.128 e. The van der Waals surface area contributed by atoms with Crippen LogP contribution in [0.1, 0.15) is 19.8 Å². The number of hydrogen-bond acceptors (Lipinski definition) is 2. The Morgan fingerprint density at radius 3 is 1.90 bits per heavy atom. The van der Waals surface area contributed by atoms with Gasteiger partial charge in [0.15, 0.2) is 0 Å². The van der Waals surface area contributed by atoms with Gasteiger partial charge in [-0.2, -0.15) is 0 Å². The standard InChI is InChI=1S/C26H31NOP/c1-2-3-22-29(23-12-6-4-7-13-23,24-14-8-5-9-15-24)26-17-11-10-16-25(26)27-18-20-28-21-19-27/h4-17H,2-3,18-22H2,1H3/q+1. The SMILES string of the molecule is CCCC[P+](c1ccccc1)(c1ccccc1)c1ccccc1N1CCOCC1. The fourth-order valence-electron chi connectivity index (χ4n) is 4.42. The molecule has 0 aliphatic carbocycles. The van der Waals surface area contributed by atoms with Crippen LogP contribution in [0.5, 0.6) is 0 Å². The summed E-state index contributed by atoms with van der Waals surface area (Å²) in [5, 5.41) is 4.49. The normalized spacial score (nSPS) is 14.7. The molecule has 4 rings (SSSR count). The Bertz CT molecular complexity index is 851. The topological polar surface area (TPSA) is 12.5 Å². The van der Waals surface area contributed by atoms with Gasteiger partial charge in [0, 0.05) is 13.1 Å². The summed E-state index contributed by atoms with van der Waals surface area (Å²) in [6.45, 7) is 5.86. The highest BCUT2D eigenvalue weighted by molar-refractivity contribution is 7.96. The Labute approximate surface area is 175 Å². The van der Waals surface area contributed by atoms with Crippen LogP contribution in [-0.4, -0.2) is 32.5 Å². The van der Waals surface area contributed by atoms with Crippen molar-refractivity contribution in [2.75, 3.05) is 37.4 Å². The molecular formula is C26H31NOP+. The lowest BCUT2D eigenvalue weighted by Gasteiger charge is -2.34. The summed E-state index contributed by atoms with van der Waals surface area (Å²) in [5.74, 6) is 0. The average Bonchev–Trinajstić information content (AvgIpc) is 2.82. The van der Waals surface area contributed by atoms with Crippen LogP contribution in [-0.2, 0) is 4.74 Å². The number of benzene rings is 3. The number of morpholine rings is 1. The Balaban J connectivity index is 1.96. The van der Waals surface area contributed by atoms with E-state index < -0.39 is 7.26 Å². The molecule has 1 heterocycles. The van der Waals surface area contributed by atoms with Gasteiger partial charge >= 0.3 is 0 Å². The fraction of sp³-hybridized carbons (Fsp3) is 0.308. The number of anilines is 1. The van der Waals surface area contributed by atoms with E-state index in [0.29, 0.717) is 0 Å². The monoisotopic (exact) mass is 404 g/mol. The number of rotatable bonds is 7. The third-order valence-corrected chi connectivity index (χ3v) is 10.4. The molecule has 0 bridgehead atoms. The van der Waals surface area contributed by atoms with Crippen LogP contribution in [0.15, 0.2) is 84.9 Å².